The topological polar surface area (TPSA) is 44.1 Å². The molecule has 0 aliphatic rings. The summed E-state index contributed by atoms with van der Waals surface area (Å²) in [7, 11) is 1.81. The van der Waals surface area contributed by atoms with Gasteiger partial charge in [-0.2, -0.15) is 5.26 Å². The fourth-order valence-electron chi connectivity index (χ4n) is 1.59. The van der Waals surface area contributed by atoms with Gasteiger partial charge < -0.3 is 4.90 Å². The Morgan fingerprint density at radius 3 is 2.47 bits per heavy atom. The average molecular weight is 230 g/mol. The van der Waals surface area contributed by atoms with Gasteiger partial charge in [0.1, 0.15) is 0 Å². The minimum Gasteiger partial charge on any atom is -0.341 e. The van der Waals surface area contributed by atoms with Crippen molar-refractivity contribution in [1.82, 2.24) is 4.90 Å². The van der Waals surface area contributed by atoms with E-state index in [0.29, 0.717) is 12.1 Å². The summed E-state index contributed by atoms with van der Waals surface area (Å²) in [6.07, 6.45) is 0.858. The highest BCUT2D eigenvalue weighted by Gasteiger charge is 2.15. The van der Waals surface area contributed by atoms with E-state index in [1.54, 1.807) is 17.0 Å². The molecule has 1 rings (SSSR count). The quantitative estimate of drug-likeness (QED) is 0.798. The van der Waals surface area contributed by atoms with Crippen LogP contribution in [-0.2, 0) is 11.3 Å². The van der Waals surface area contributed by atoms with Crippen LogP contribution in [0.5, 0.6) is 0 Å². The lowest BCUT2D eigenvalue weighted by atomic mass is 10.1. The van der Waals surface area contributed by atoms with Gasteiger partial charge in [0.25, 0.3) is 0 Å². The zero-order valence-corrected chi connectivity index (χ0v) is 10.6. The standard InChI is InChI=1S/C14H18N2O/c1-4-11(2)14(17)16(3)10-13-7-5-12(9-15)6-8-13/h5-8,11H,4,10H2,1-3H3. The Kier molecular flexibility index (Phi) is 4.71. The van der Waals surface area contributed by atoms with Crippen molar-refractivity contribution >= 4 is 5.91 Å². The second-order valence-corrected chi connectivity index (χ2v) is 4.31. The van der Waals surface area contributed by atoms with Gasteiger partial charge in [0.05, 0.1) is 11.6 Å². The molecule has 3 heteroatoms. The van der Waals surface area contributed by atoms with E-state index in [1.165, 1.54) is 0 Å². The average Bonchev–Trinajstić information content (AvgIpc) is 2.37. The second kappa shape index (κ2) is 6.05. The Morgan fingerprint density at radius 1 is 1.41 bits per heavy atom. The maximum absolute atomic E-state index is 11.9. The number of hydrogen-bond donors (Lipinski definition) is 0. The maximum Gasteiger partial charge on any atom is 0.225 e. The number of rotatable bonds is 4. The molecule has 0 aromatic heterocycles. The molecule has 3 nitrogen and oxygen atoms in total. The number of nitriles is 1. The molecule has 1 aromatic carbocycles. The first kappa shape index (κ1) is 13.2. The molecule has 0 bridgehead atoms. The van der Waals surface area contributed by atoms with Gasteiger partial charge in [0.15, 0.2) is 0 Å². The first-order chi connectivity index (χ1) is 8.08. The van der Waals surface area contributed by atoms with Crippen molar-refractivity contribution in [2.45, 2.75) is 26.8 Å². The maximum atomic E-state index is 11.9. The van der Waals surface area contributed by atoms with Crippen LogP contribution < -0.4 is 0 Å². The smallest absolute Gasteiger partial charge is 0.225 e. The Morgan fingerprint density at radius 2 is 2.00 bits per heavy atom. The fourth-order valence-corrected chi connectivity index (χ4v) is 1.59. The van der Waals surface area contributed by atoms with Gasteiger partial charge in [-0.15, -0.1) is 0 Å². The predicted octanol–water partition coefficient (Wildman–Crippen LogP) is 2.56. The summed E-state index contributed by atoms with van der Waals surface area (Å²) < 4.78 is 0. The van der Waals surface area contributed by atoms with E-state index in [-0.39, 0.29) is 11.8 Å². The number of carbonyl (C=O) groups is 1. The number of amides is 1. The monoisotopic (exact) mass is 230 g/mol. The molecular formula is C14H18N2O. The molecule has 0 N–H and O–H groups in total. The van der Waals surface area contributed by atoms with Crippen LogP contribution in [0.15, 0.2) is 24.3 Å². The van der Waals surface area contributed by atoms with E-state index < -0.39 is 0 Å². The molecule has 0 heterocycles. The van der Waals surface area contributed by atoms with Crippen molar-refractivity contribution in [3.63, 3.8) is 0 Å². The van der Waals surface area contributed by atoms with Gasteiger partial charge in [0.2, 0.25) is 5.91 Å². The van der Waals surface area contributed by atoms with E-state index in [1.807, 2.05) is 33.0 Å². The van der Waals surface area contributed by atoms with Gasteiger partial charge in [-0.25, -0.2) is 0 Å². The molecule has 17 heavy (non-hydrogen) atoms. The molecule has 1 amide bonds. The summed E-state index contributed by atoms with van der Waals surface area (Å²) in [4.78, 5) is 13.6. The van der Waals surface area contributed by atoms with Crippen LogP contribution in [0.3, 0.4) is 0 Å². The zero-order valence-electron chi connectivity index (χ0n) is 10.6. The lowest BCUT2D eigenvalue weighted by Crippen LogP contribution is -2.30. The number of benzene rings is 1. The lowest BCUT2D eigenvalue weighted by Gasteiger charge is -2.20. The van der Waals surface area contributed by atoms with Crippen molar-refractivity contribution in [3.8, 4) is 6.07 Å². The molecule has 0 saturated carbocycles. The molecular weight excluding hydrogens is 212 g/mol. The fraction of sp³-hybridized carbons (Fsp3) is 0.429. The molecule has 1 unspecified atom stereocenters. The summed E-state index contributed by atoms with van der Waals surface area (Å²) in [5, 5.41) is 8.69. The third-order valence-corrected chi connectivity index (χ3v) is 2.91. The van der Waals surface area contributed by atoms with Crippen molar-refractivity contribution in [3.05, 3.63) is 35.4 Å². The van der Waals surface area contributed by atoms with Crippen LogP contribution in [0.1, 0.15) is 31.4 Å². The first-order valence-corrected chi connectivity index (χ1v) is 5.82. The highest BCUT2D eigenvalue weighted by molar-refractivity contribution is 5.78. The van der Waals surface area contributed by atoms with E-state index in [2.05, 4.69) is 6.07 Å². The van der Waals surface area contributed by atoms with E-state index in [0.717, 1.165) is 12.0 Å². The Bertz CT molecular complexity index is 417. The van der Waals surface area contributed by atoms with Crippen LogP contribution in [0.4, 0.5) is 0 Å². The first-order valence-electron chi connectivity index (χ1n) is 5.82. The van der Waals surface area contributed by atoms with Crippen molar-refractivity contribution in [2.75, 3.05) is 7.05 Å². The van der Waals surface area contributed by atoms with E-state index >= 15 is 0 Å². The number of hydrogen-bond acceptors (Lipinski definition) is 2. The van der Waals surface area contributed by atoms with Crippen LogP contribution in [0.25, 0.3) is 0 Å². The Balaban J connectivity index is 2.65. The largest absolute Gasteiger partial charge is 0.341 e. The second-order valence-electron chi connectivity index (χ2n) is 4.31. The molecule has 0 radical (unpaired) electrons. The molecule has 0 aliphatic heterocycles. The predicted molar refractivity (Wildman–Crippen MR) is 67.1 cm³/mol. The molecule has 0 saturated heterocycles. The van der Waals surface area contributed by atoms with Crippen LogP contribution >= 0.6 is 0 Å². The van der Waals surface area contributed by atoms with Gasteiger partial charge in [-0.1, -0.05) is 26.0 Å². The molecule has 0 spiro atoms. The lowest BCUT2D eigenvalue weighted by molar-refractivity contribution is -0.134. The third kappa shape index (κ3) is 3.60. The highest BCUT2D eigenvalue weighted by atomic mass is 16.2. The van der Waals surface area contributed by atoms with E-state index in [4.69, 9.17) is 5.26 Å². The third-order valence-electron chi connectivity index (χ3n) is 2.91. The molecule has 1 atom stereocenters. The summed E-state index contributed by atoms with van der Waals surface area (Å²) in [5.41, 5.74) is 1.69. The highest BCUT2D eigenvalue weighted by Crippen LogP contribution is 2.10. The van der Waals surface area contributed by atoms with E-state index in [9.17, 15) is 4.79 Å². The van der Waals surface area contributed by atoms with Crippen molar-refractivity contribution < 1.29 is 4.79 Å². The normalized spacial score (nSPS) is 11.6. The summed E-state index contributed by atoms with van der Waals surface area (Å²) >= 11 is 0. The van der Waals surface area contributed by atoms with Gasteiger partial charge >= 0.3 is 0 Å². The molecule has 0 fully saturated rings. The Hall–Kier alpha value is -1.82. The number of carbonyl (C=O) groups excluding carboxylic acids is 1. The van der Waals surface area contributed by atoms with Gasteiger partial charge in [0, 0.05) is 19.5 Å². The van der Waals surface area contributed by atoms with Gasteiger partial charge in [-0.05, 0) is 24.1 Å². The number of nitrogens with zero attached hydrogens (tertiary/aromatic N) is 2. The summed E-state index contributed by atoms with van der Waals surface area (Å²) in [6, 6.07) is 9.40. The molecule has 90 valence electrons. The molecule has 1 aromatic rings. The molecule has 0 aliphatic carbocycles. The summed E-state index contributed by atoms with van der Waals surface area (Å²) in [6.45, 7) is 4.55. The minimum absolute atomic E-state index is 0.0679. The Labute approximate surface area is 103 Å². The van der Waals surface area contributed by atoms with Gasteiger partial charge in [-0.3, -0.25) is 4.79 Å². The zero-order chi connectivity index (χ0) is 12.8. The van der Waals surface area contributed by atoms with Crippen LogP contribution in [-0.4, -0.2) is 17.9 Å². The van der Waals surface area contributed by atoms with Crippen molar-refractivity contribution in [1.29, 1.82) is 5.26 Å². The minimum atomic E-state index is 0.0679. The van der Waals surface area contributed by atoms with Crippen LogP contribution in [0.2, 0.25) is 0 Å². The SMILES string of the molecule is CCC(C)C(=O)N(C)Cc1ccc(C#N)cc1. The van der Waals surface area contributed by atoms with Crippen molar-refractivity contribution in [2.24, 2.45) is 5.92 Å². The summed E-state index contributed by atoms with van der Waals surface area (Å²) in [5.74, 6) is 0.232. The van der Waals surface area contributed by atoms with Crippen LogP contribution in [0, 0.1) is 17.2 Å².